The monoisotopic (exact) mass is 535 g/mol. The fraction of sp³-hybridized carbons (Fsp3) is 0.333. The molecule has 0 aliphatic heterocycles. The van der Waals surface area contributed by atoms with E-state index in [0.29, 0.717) is 0 Å². The summed E-state index contributed by atoms with van der Waals surface area (Å²) >= 11 is 5.94. The molecule has 1 fully saturated rings. The second kappa shape index (κ2) is 9.97. The fourth-order valence-electron chi connectivity index (χ4n) is 3.51. The average Bonchev–Trinajstić information content (AvgIpc) is 3.53. The highest BCUT2D eigenvalue weighted by Gasteiger charge is 2.65. The molecule has 0 spiro atoms. The Kier molecular flexibility index (Phi) is 6.94. The summed E-state index contributed by atoms with van der Waals surface area (Å²) in [6, 6.07) is 2.75. The number of nitriles is 1. The molecule has 0 aromatic carbocycles. The normalized spacial score (nSPS) is 19.1. The highest BCUT2D eigenvalue weighted by molar-refractivity contribution is 6.30. The summed E-state index contributed by atoms with van der Waals surface area (Å²) < 4.78 is 45.8. The van der Waals surface area contributed by atoms with Gasteiger partial charge >= 0.3 is 6.09 Å². The van der Waals surface area contributed by atoms with Gasteiger partial charge in [-0.15, -0.1) is 5.10 Å². The molecule has 0 radical (unpaired) electrons. The number of ether oxygens (including phenoxy) is 1. The lowest BCUT2D eigenvalue weighted by Gasteiger charge is -2.15. The average molecular weight is 536 g/mol. The van der Waals surface area contributed by atoms with E-state index in [-0.39, 0.29) is 40.2 Å². The Morgan fingerprint density at radius 1 is 1.27 bits per heavy atom. The Morgan fingerprint density at radius 2 is 1.97 bits per heavy atom. The fourth-order valence-corrected chi connectivity index (χ4v) is 3.77. The van der Waals surface area contributed by atoms with Gasteiger partial charge in [-0.1, -0.05) is 16.8 Å². The quantitative estimate of drug-likeness (QED) is 0.431. The first-order valence-electron chi connectivity index (χ1n) is 10.6. The van der Waals surface area contributed by atoms with Crippen molar-refractivity contribution in [3.63, 3.8) is 0 Å². The summed E-state index contributed by atoms with van der Waals surface area (Å²) in [6.07, 6.45) is -1.63. The van der Waals surface area contributed by atoms with Crippen LogP contribution in [0.1, 0.15) is 25.0 Å². The van der Waals surface area contributed by atoms with Gasteiger partial charge in [-0.2, -0.15) is 5.26 Å². The van der Waals surface area contributed by atoms with Crippen LogP contribution in [0.25, 0.3) is 11.5 Å². The maximum atomic E-state index is 13.5. The number of hydrogen-bond acceptors (Lipinski definition) is 9. The zero-order valence-corrected chi connectivity index (χ0v) is 19.9. The summed E-state index contributed by atoms with van der Waals surface area (Å²) in [7, 11) is 1.48. The van der Waals surface area contributed by atoms with Gasteiger partial charge in [0.05, 0.1) is 30.3 Å². The number of rotatable bonds is 7. The molecule has 12 nitrogen and oxygen atoms in total. The highest BCUT2D eigenvalue weighted by atomic mass is 35.5. The van der Waals surface area contributed by atoms with Crippen molar-refractivity contribution in [1.29, 1.82) is 5.26 Å². The van der Waals surface area contributed by atoms with E-state index in [1.807, 2.05) is 0 Å². The number of halogens is 4. The number of anilines is 2. The molecule has 192 valence electrons. The standard InChI is InChI=1S/C21H17ClF3N9O3/c1-9(12-3-10(23)5-27-15(12)22)37-20(36)31-18-14(32-33-34(18)2)17-28-6-11(7-29-17)30-19(35)21(8-26)4-13(21)16(24)25/h3,5-7,9,13,16H,4H2,1-2H3,(H,30,35)(H,31,36)/t9-,13+,21+/m1/s1. The zero-order valence-electron chi connectivity index (χ0n) is 19.1. The van der Waals surface area contributed by atoms with Crippen LogP contribution in [0.2, 0.25) is 5.15 Å². The molecule has 37 heavy (non-hydrogen) atoms. The maximum Gasteiger partial charge on any atom is 0.413 e. The van der Waals surface area contributed by atoms with Gasteiger partial charge in [-0.05, 0) is 19.4 Å². The zero-order chi connectivity index (χ0) is 26.9. The first-order valence-corrected chi connectivity index (χ1v) is 10.9. The predicted molar refractivity (Wildman–Crippen MR) is 121 cm³/mol. The van der Waals surface area contributed by atoms with E-state index in [4.69, 9.17) is 16.3 Å². The van der Waals surface area contributed by atoms with Gasteiger partial charge in [0, 0.05) is 18.5 Å². The maximum absolute atomic E-state index is 13.5. The summed E-state index contributed by atoms with van der Waals surface area (Å²) in [5, 5.41) is 21.7. The Labute approximate surface area is 211 Å². The molecule has 16 heteroatoms. The van der Waals surface area contributed by atoms with E-state index in [2.05, 4.69) is 35.9 Å². The van der Waals surface area contributed by atoms with E-state index in [0.717, 1.165) is 12.3 Å². The Hall–Kier alpha value is -4.32. The van der Waals surface area contributed by atoms with Crippen molar-refractivity contribution >= 4 is 35.1 Å². The van der Waals surface area contributed by atoms with Crippen LogP contribution in [-0.4, -0.2) is 48.4 Å². The van der Waals surface area contributed by atoms with Crippen molar-refractivity contribution < 1.29 is 27.5 Å². The molecule has 2 N–H and O–H groups in total. The third-order valence-corrected chi connectivity index (χ3v) is 5.96. The Balaban J connectivity index is 1.45. The van der Waals surface area contributed by atoms with Gasteiger partial charge in [0.25, 0.3) is 0 Å². The van der Waals surface area contributed by atoms with Crippen LogP contribution in [0, 0.1) is 28.5 Å². The van der Waals surface area contributed by atoms with Crippen molar-refractivity contribution in [3.8, 4) is 17.6 Å². The molecule has 2 amide bonds. The minimum Gasteiger partial charge on any atom is -0.441 e. The molecule has 3 aromatic heterocycles. The van der Waals surface area contributed by atoms with E-state index in [1.165, 1.54) is 31.0 Å². The lowest BCUT2D eigenvalue weighted by Crippen LogP contribution is -2.26. The van der Waals surface area contributed by atoms with Gasteiger partial charge in [0.1, 0.15) is 22.5 Å². The summed E-state index contributed by atoms with van der Waals surface area (Å²) in [5.41, 5.74) is -1.53. The number of alkyl halides is 2. The minimum atomic E-state index is -2.79. The van der Waals surface area contributed by atoms with Crippen LogP contribution >= 0.6 is 11.6 Å². The number of hydrogen-bond donors (Lipinski definition) is 2. The van der Waals surface area contributed by atoms with Gasteiger partial charge in [0.2, 0.25) is 12.3 Å². The third-order valence-electron chi connectivity index (χ3n) is 5.65. The number of carbonyl (C=O) groups excluding carboxylic acids is 2. The number of amides is 2. The number of nitrogens with zero attached hydrogens (tertiary/aromatic N) is 7. The summed E-state index contributed by atoms with van der Waals surface area (Å²) in [5.74, 6) is -2.80. The second-order valence-electron chi connectivity index (χ2n) is 8.09. The highest BCUT2D eigenvalue weighted by Crippen LogP contribution is 2.55. The molecule has 1 aliphatic rings. The van der Waals surface area contributed by atoms with Gasteiger partial charge in [-0.25, -0.2) is 37.6 Å². The second-order valence-corrected chi connectivity index (χ2v) is 8.45. The first-order chi connectivity index (χ1) is 17.6. The van der Waals surface area contributed by atoms with Crippen LogP contribution in [0.5, 0.6) is 0 Å². The van der Waals surface area contributed by atoms with Crippen LogP contribution in [0.4, 0.5) is 29.5 Å². The van der Waals surface area contributed by atoms with Crippen molar-refractivity contribution in [1.82, 2.24) is 29.9 Å². The summed E-state index contributed by atoms with van der Waals surface area (Å²) in [4.78, 5) is 36.6. The molecule has 3 atom stereocenters. The molecule has 0 bridgehead atoms. The van der Waals surface area contributed by atoms with Crippen LogP contribution < -0.4 is 10.6 Å². The van der Waals surface area contributed by atoms with Crippen LogP contribution in [-0.2, 0) is 16.6 Å². The van der Waals surface area contributed by atoms with Crippen LogP contribution in [0.15, 0.2) is 24.7 Å². The SMILES string of the molecule is C[C@@H](OC(=O)Nc1c(-c2ncc(NC(=O)[C@]3(C#N)C[C@H]3C(F)F)cn2)nnn1C)c1cc(F)cnc1Cl. The molecular weight excluding hydrogens is 519 g/mol. The molecule has 1 aliphatic carbocycles. The molecule has 3 aromatic rings. The largest absolute Gasteiger partial charge is 0.441 e. The van der Waals surface area contributed by atoms with E-state index in [9.17, 15) is 28.0 Å². The lowest BCUT2D eigenvalue weighted by molar-refractivity contribution is -0.120. The lowest BCUT2D eigenvalue weighted by atomic mass is 10.1. The molecule has 4 rings (SSSR count). The minimum absolute atomic E-state index is 0.00121. The topological polar surface area (TPSA) is 161 Å². The summed E-state index contributed by atoms with van der Waals surface area (Å²) in [6.45, 7) is 1.47. The number of nitrogens with one attached hydrogen (secondary N) is 2. The molecular formula is C21H17ClF3N9O3. The van der Waals surface area contributed by atoms with E-state index in [1.54, 1.807) is 6.07 Å². The van der Waals surface area contributed by atoms with Crippen molar-refractivity contribution in [2.24, 2.45) is 18.4 Å². The molecule has 0 saturated heterocycles. The van der Waals surface area contributed by atoms with Gasteiger partial charge in [0.15, 0.2) is 17.3 Å². The molecule has 0 unspecified atom stereocenters. The van der Waals surface area contributed by atoms with Crippen LogP contribution in [0.3, 0.4) is 0 Å². The van der Waals surface area contributed by atoms with Crippen molar-refractivity contribution in [2.75, 3.05) is 10.6 Å². The van der Waals surface area contributed by atoms with Crippen molar-refractivity contribution in [2.45, 2.75) is 25.9 Å². The number of aryl methyl sites for hydroxylation is 1. The van der Waals surface area contributed by atoms with Gasteiger partial charge < -0.3 is 10.1 Å². The van der Waals surface area contributed by atoms with Gasteiger partial charge in [-0.3, -0.25) is 10.1 Å². The number of aromatic nitrogens is 6. The van der Waals surface area contributed by atoms with E-state index < -0.39 is 41.7 Å². The number of carbonyl (C=O) groups is 2. The first kappa shape index (κ1) is 25.8. The Morgan fingerprint density at radius 3 is 2.59 bits per heavy atom. The van der Waals surface area contributed by atoms with E-state index >= 15 is 0 Å². The van der Waals surface area contributed by atoms with Crippen molar-refractivity contribution in [3.05, 3.63) is 41.2 Å². The molecule has 3 heterocycles. The Bertz CT molecular complexity index is 1400. The predicted octanol–water partition coefficient (Wildman–Crippen LogP) is 3.50. The third kappa shape index (κ3) is 5.14. The molecule has 1 saturated carbocycles. The smallest absolute Gasteiger partial charge is 0.413 e. The number of pyridine rings is 1.